The number of halogens is 2. The number of benzene rings is 3. The molecule has 200 valence electrons. The first-order valence-electron chi connectivity index (χ1n) is 12.9. The minimum Gasteiger partial charge on any atom is -0.487 e. The van der Waals surface area contributed by atoms with E-state index in [1.54, 1.807) is 0 Å². The Bertz CT molecular complexity index is 1290. The molecule has 0 N–H and O–H groups in total. The van der Waals surface area contributed by atoms with Crippen LogP contribution in [0.3, 0.4) is 0 Å². The largest absolute Gasteiger partial charge is 0.487 e. The Morgan fingerprint density at radius 1 is 0.763 bits per heavy atom. The minimum atomic E-state index is -0.336. The third-order valence-corrected chi connectivity index (χ3v) is 7.40. The van der Waals surface area contributed by atoms with Gasteiger partial charge in [-0.2, -0.15) is 0 Å². The van der Waals surface area contributed by atoms with Crippen LogP contribution in [0, 0.1) is 0 Å². The van der Waals surface area contributed by atoms with Crippen molar-refractivity contribution in [3.63, 3.8) is 0 Å². The van der Waals surface area contributed by atoms with E-state index in [1.165, 1.54) is 11.1 Å². The number of fused-ring (bicyclic) bond motifs is 1. The van der Waals surface area contributed by atoms with Crippen LogP contribution in [0.2, 0.25) is 0 Å². The van der Waals surface area contributed by atoms with Crippen LogP contribution in [0.25, 0.3) is 10.9 Å². The number of nitrogens with zero attached hydrogens (tertiary/aromatic N) is 2. The van der Waals surface area contributed by atoms with E-state index in [0.29, 0.717) is 12.5 Å². The van der Waals surface area contributed by atoms with Crippen LogP contribution in [0.5, 0.6) is 5.75 Å². The Labute approximate surface area is 236 Å². The van der Waals surface area contributed by atoms with Crippen molar-refractivity contribution in [1.82, 2.24) is 9.88 Å². The topological polar surface area (TPSA) is 43.8 Å². The molecule has 1 spiro atoms. The molecule has 1 aromatic heterocycles. The molecule has 3 heterocycles. The fourth-order valence-corrected chi connectivity index (χ4v) is 5.35. The Morgan fingerprint density at radius 3 is 2.16 bits per heavy atom. The van der Waals surface area contributed by atoms with Crippen molar-refractivity contribution in [3.05, 3.63) is 108 Å². The zero-order chi connectivity index (χ0) is 24.2. The lowest BCUT2D eigenvalue weighted by molar-refractivity contribution is -0.185. The van der Waals surface area contributed by atoms with E-state index in [2.05, 4.69) is 71.6 Å². The summed E-state index contributed by atoms with van der Waals surface area (Å²) in [6.07, 6.45) is 1.87. The predicted molar refractivity (Wildman–Crippen MR) is 156 cm³/mol. The van der Waals surface area contributed by atoms with Gasteiger partial charge in [-0.05, 0) is 35.4 Å². The number of hydrogen-bond donors (Lipinski definition) is 0. The monoisotopic (exact) mass is 552 g/mol. The zero-order valence-corrected chi connectivity index (χ0v) is 23.0. The van der Waals surface area contributed by atoms with Crippen molar-refractivity contribution >= 4 is 35.7 Å². The van der Waals surface area contributed by atoms with Gasteiger partial charge in [-0.1, -0.05) is 66.7 Å². The molecule has 2 saturated heterocycles. The summed E-state index contributed by atoms with van der Waals surface area (Å²) >= 11 is 0. The number of likely N-dealkylation sites (tertiary alicyclic amines) is 1. The second-order valence-electron chi connectivity index (χ2n) is 9.72. The lowest BCUT2D eigenvalue weighted by Gasteiger charge is -2.39. The van der Waals surface area contributed by atoms with Crippen LogP contribution in [-0.2, 0) is 16.1 Å². The first-order chi connectivity index (χ1) is 17.8. The normalized spacial score (nSPS) is 17.5. The number of rotatable bonds is 7. The maximum absolute atomic E-state index is 6.08. The highest BCUT2D eigenvalue weighted by molar-refractivity contribution is 5.85. The zero-order valence-electron chi connectivity index (χ0n) is 21.3. The molecule has 2 fully saturated rings. The summed E-state index contributed by atoms with van der Waals surface area (Å²) in [7, 11) is 0. The van der Waals surface area contributed by atoms with E-state index in [-0.39, 0.29) is 30.6 Å². The third kappa shape index (κ3) is 6.48. The first-order valence-corrected chi connectivity index (χ1v) is 12.9. The first kappa shape index (κ1) is 28.3. The number of piperidine rings is 1. The molecule has 0 radical (unpaired) electrons. The fraction of sp³-hybridized carbons (Fsp3) is 0.323. The van der Waals surface area contributed by atoms with Crippen LogP contribution < -0.4 is 4.74 Å². The summed E-state index contributed by atoms with van der Waals surface area (Å²) in [5.41, 5.74) is 4.55. The van der Waals surface area contributed by atoms with Gasteiger partial charge in [0.05, 0.1) is 24.4 Å². The molecule has 0 saturated carbocycles. The molecule has 2 aliphatic heterocycles. The fourth-order valence-electron chi connectivity index (χ4n) is 5.35. The van der Waals surface area contributed by atoms with Crippen LogP contribution in [-0.4, -0.2) is 48.5 Å². The molecule has 3 aromatic carbocycles. The van der Waals surface area contributed by atoms with Gasteiger partial charge in [0.2, 0.25) is 0 Å². The molecular formula is C31H34Cl2N2O3. The second-order valence-corrected chi connectivity index (χ2v) is 9.72. The lowest BCUT2D eigenvalue weighted by Crippen LogP contribution is -2.46. The van der Waals surface area contributed by atoms with Gasteiger partial charge in [-0.3, -0.25) is 0 Å². The van der Waals surface area contributed by atoms with E-state index >= 15 is 0 Å². The van der Waals surface area contributed by atoms with Crippen LogP contribution in [0.1, 0.15) is 35.6 Å². The Hall–Kier alpha value is -2.67. The molecule has 5 nitrogen and oxygen atoms in total. The SMILES string of the molecule is Cl.Cl.c1ccc(C(CN2CCC3(CC2)OCCO3)c2ccc(OCc3ccc4ccccc4n3)cc2)cc1. The Balaban J connectivity index is 0.00000168. The van der Waals surface area contributed by atoms with Crippen molar-refractivity contribution in [1.29, 1.82) is 0 Å². The standard InChI is InChI=1S/C31H32N2O3.2ClH/c1-2-6-24(7-3-1)29(22-33-18-16-31(17-19-33)35-20-21-36-31)25-11-14-28(15-12-25)34-23-27-13-10-26-8-4-5-9-30(26)32-27;;/h1-15,29H,16-23H2;2*1H. The Kier molecular flexibility index (Phi) is 9.64. The van der Waals surface area contributed by atoms with Gasteiger partial charge in [0.1, 0.15) is 12.4 Å². The second kappa shape index (κ2) is 12.9. The molecule has 0 amide bonds. The van der Waals surface area contributed by atoms with Crippen molar-refractivity contribution in [3.8, 4) is 5.75 Å². The quantitative estimate of drug-likeness (QED) is 0.257. The van der Waals surface area contributed by atoms with Crippen LogP contribution >= 0.6 is 24.8 Å². The number of ether oxygens (including phenoxy) is 3. The minimum absolute atomic E-state index is 0. The number of hydrogen-bond acceptors (Lipinski definition) is 5. The summed E-state index contributed by atoms with van der Waals surface area (Å²) in [4.78, 5) is 7.26. The molecule has 4 aromatic rings. The summed E-state index contributed by atoms with van der Waals surface area (Å²) < 4.78 is 17.9. The average Bonchev–Trinajstić information content (AvgIpc) is 3.40. The average molecular weight is 554 g/mol. The van der Waals surface area contributed by atoms with E-state index in [1.807, 2.05) is 24.3 Å². The molecule has 1 unspecified atom stereocenters. The molecule has 6 rings (SSSR count). The molecule has 7 heteroatoms. The summed E-state index contributed by atoms with van der Waals surface area (Å²) in [6, 6.07) is 31.7. The number of aromatic nitrogens is 1. The summed E-state index contributed by atoms with van der Waals surface area (Å²) in [6.45, 7) is 4.84. The number of pyridine rings is 1. The van der Waals surface area contributed by atoms with Gasteiger partial charge in [0, 0.05) is 43.8 Å². The van der Waals surface area contributed by atoms with Crippen LogP contribution in [0.15, 0.2) is 91.0 Å². The molecular weight excluding hydrogens is 519 g/mol. The molecule has 2 aliphatic rings. The highest BCUT2D eigenvalue weighted by Crippen LogP contribution is 2.34. The van der Waals surface area contributed by atoms with Gasteiger partial charge in [-0.25, -0.2) is 4.98 Å². The summed E-state index contributed by atoms with van der Waals surface area (Å²) in [5, 5.41) is 1.14. The van der Waals surface area contributed by atoms with E-state index in [9.17, 15) is 0 Å². The van der Waals surface area contributed by atoms with Crippen molar-refractivity contribution in [2.75, 3.05) is 32.8 Å². The van der Waals surface area contributed by atoms with Gasteiger partial charge >= 0.3 is 0 Å². The maximum atomic E-state index is 6.08. The van der Waals surface area contributed by atoms with Gasteiger partial charge in [0.15, 0.2) is 5.79 Å². The van der Waals surface area contributed by atoms with Crippen molar-refractivity contribution < 1.29 is 14.2 Å². The Morgan fingerprint density at radius 2 is 1.42 bits per heavy atom. The molecule has 0 aliphatic carbocycles. The highest BCUT2D eigenvalue weighted by Gasteiger charge is 2.40. The van der Waals surface area contributed by atoms with E-state index < -0.39 is 0 Å². The number of para-hydroxylation sites is 1. The molecule has 38 heavy (non-hydrogen) atoms. The predicted octanol–water partition coefficient (Wildman–Crippen LogP) is 6.63. The lowest BCUT2D eigenvalue weighted by atomic mass is 9.90. The van der Waals surface area contributed by atoms with Crippen molar-refractivity contribution in [2.24, 2.45) is 0 Å². The van der Waals surface area contributed by atoms with Gasteiger partial charge < -0.3 is 19.1 Å². The third-order valence-electron chi connectivity index (χ3n) is 7.40. The highest BCUT2D eigenvalue weighted by atomic mass is 35.5. The van der Waals surface area contributed by atoms with Gasteiger partial charge in [-0.15, -0.1) is 24.8 Å². The van der Waals surface area contributed by atoms with E-state index in [4.69, 9.17) is 19.2 Å². The van der Waals surface area contributed by atoms with Gasteiger partial charge in [0.25, 0.3) is 0 Å². The van der Waals surface area contributed by atoms with E-state index in [0.717, 1.165) is 68.0 Å². The molecule has 0 bridgehead atoms. The molecule has 1 atom stereocenters. The summed E-state index contributed by atoms with van der Waals surface area (Å²) in [5.74, 6) is 0.815. The maximum Gasteiger partial charge on any atom is 0.170 e. The smallest absolute Gasteiger partial charge is 0.170 e. The van der Waals surface area contributed by atoms with Crippen LogP contribution in [0.4, 0.5) is 0 Å². The van der Waals surface area contributed by atoms with Crippen molar-refractivity contribution in [2.45, 2.75) is 31.2 Å².